The van der Waals surface area contributed by atoms with Gasteiger partial charge in [-0.25, -0.2) is 22.7 Å². The molecule has 11 nitrogen and oxygen atoms in total. The first-order valence-corrected chi connectivity index (χ1v) is 11.1. The SMILES string of the molecule is COC(=O)C1=C(C(=O)OC)N(c2ccc(S(=O)(=O)NC(=O)c3ccc[n+]([O-])c3)cc2)C=CC=C1. The Kier molecular flexibility index (Phi) is 7.12. The lowest BCUT2D eigenvalue weighted by Crippen LogP contribution is -2.33. The molecule has 3 rings (SSSR count). The summed E-state index contributed by atoms with van der Waals surface area (Å²) in [5.41, 5.74) is -0.0226. The van der Waals surface area contributed by atoms with E-state index in [4.69, 9.17) is 9.47 Å². The van der Waals surface area contributed by atoms with E-state index < -0.39 is 27.9 Å². The lowest BCUT2D eigenvalue weighted by Gasteiger charge is -2.23. The molecule has 0 spiro atoms. The highest BCUT2D eigenvalue weighted by Crippen LogP contribution is 2.27. The Morgan fingerprint density at radius 2 is 1.68 bits per heavy atom. The third kappa shape index (κ3) is 5.13. The van der Waals surface area contributed by atoms with Gasteiger partial charge in [-0.2, -0.15) is 4.73 Å². The first kappa shape index (κ1) is 24.2. The molecule has 34 heavy (non-hydrogen) atoms. The van der Waals surface area contributed by atoms with Crippen LogP contribution < -0.4 is 14.4 Å². The summed E-state index contributed by atoms with van der Waals surface area (Å²) in [5, 5.41) is 11.3. The van der Waals surface area contributed by atoms with Gasteiger partial charge >= 0.3 is 11.9 Å². The summed E-state index contributed by atoms with van der Waals surface area (Å²) in [6.07, 6.45) is 8.05. The van der Waals surface area contributed by atoms with Gasteiger partial charge in [0.1, 0.15) is 11.3 Å². The molecule has 0 atom stereocenters. The van der Waals surface area contributed by atoms with Gasteiger partial charge in [-0.1, -0.05) is 6.08 Å². The molecule has 0 aliphatic carbocycles. The maximum atomic E-state index is 12.6. The first-order valence-electron chi connectivity index (χ1n) is 9.59. The number of methoxy groups -OCH3 is 2. The van der Waals surface area contributed by atoms with Crippen molar-refractivity contribution in [2.24, 2.45) is 0 Å². The molecule has 2 heterocycles. The summed E-state index contributed by atoms with van der Waals surface area (Å²) in [4.78, 5) is 38.0. The van der Waals surface area contributed by atoms with Crippen molar-refractivity contribution >= 4 is 33.6 Å². The number of allylic oxidation sites excluding steroid dienone is 2. The van der Waals surface area contributed by atoms with Crippen LogP contribution in [-0.4, -0.2) is 40.5 Å². The van der Waals surface area contributed by atoms with Crippen molar-refractivity contribution in [1.29, 1.82) is 0 Å². The smallest absolute Gasteiger partial charge is 0.355 e. The molecule has 1 aromatic carbocycles. The monoisotopic (exact) mass is 485 g/mol. The lowest BCUT2D eigenvalue weighted by molar-refractivity contribution is -0.605. The number of ether oxygens (including phenoxy) is 2. The first-order chi connectivity index (χ1) is 16.2. The van der Waals surface area contributed by atoms with E-state index in [1.807, 2.05) is 4.72 Å². The summed E-state index contributed by atoms with van der Waals surface area (Å²) in [7, 11) is -1.96. The molecule has 0 saturated heterocycles. The minimum absolute atomic E-state index is 0.0678. The molecule has 12 heteroatoms. The Hall–Kier alpha value is -4.45. The van der Waals surface area contributed by atoms with E-state index in [0.29, 0.717) is 10.4 Å². The number of amides is 1. The zero-order valence-corrected chi connectivity index (χ0v) is 18.8. The van der Waals surface area contributed by atoms with E-state index in [2.05, 4.69) is 0 Å². The minimum atomic E-state index is -4.28. The van der Waals surface area contributed by atoms with Crippen LogP contribution in [-0.2, 0) is 29.1 Å². The second-order valence-electron chi connectivity index (χ2n) is 6.70. The molecule has 0 saturated carbocycles. The number of carbonyl (C=O) groups excluding carboxylic acids is 3. The van der Waals surface area contributed by atoms with E-state index in [-0.39, 0.29) is 21.7 Å². The average molecular weight is 485 g/mol. The van der Waals surface area contributed by atoms with Crippen molar-refractivity contribution in [3.63, 3.8) is 0 Å². The van der Waals surface area contributed by atoms with E-state index >= 15 is 0 Å². The van der Waals surface area contributed by atoms with Gasteiger partial charge in [0.2, 0.25) is 0 Å². The predicted molar refractivity (Wildman–Crippen MR) is 118 cm³/mol. The molecular weight excluding hydrogens is 466 g/mol. The zero-order valence-electron chi connectivity index (χ0n) is 18.0. The number of nitrogens with one attached hydrogen (secondary N) is 1. The Morgan fingerprint density at radius 3 is 2.29 bits per heavy atom. The number of rotatable bonds is 6. The normalized spacial score (nSPS) is 13.3. The van der Waals surface area contributed by atoms with Gasteiger partial charge in [-0.3, -0.25) is 4.79 Å². The van der Waals surface area contributed by atoms with Gasteiger partial charge in [-0.05, 0) is 42.5 Å². The molecule has 1 N–H and O–H groups in total. The Morgan fingerprint density at radius 1 is 1.00 bits per heavy atom. The number of sulfonamides is 1. The molecule has 1 aliphatic rings. The van der Waals surface area contributed by atoms with E-state index in [1.54, 1.807) is 6.08 Å². The number of hydrogen-bond acceptors (Lipinski definition) is 9. The highest BCUT2D eigenvalue weighted by Gasteiger charge is 2.28. The maximum absolute atomic E-state index is 12.6. The van der Waals surface area contributed by atoms with Crippen molar-refractivity contribution < 1.29 is 37.0 Å². The van der Waals surface area contributed by atoms with Gasteiger partial charge in [-0.15, -0.1) is 0 Å². The standard InChI is InChI=1S/C22H19N3O8S/c1-32-21(27)18-7-3-4-13-25(19(18)22(28)33-2)16-8-10-17(11-9-16)34(30,31)23-20(26)15-6-5-12-24(29)14-15/h3-14H,1-2H3,(H,23,26). The van der Waals surface area contributed by atoms with Gasteiger partial charge in [0.15, 0.2) is 12.4 Å². The van der Waals surface area contributed by atoms with Crippen molar-refractivity contribution in [3.8, 4) is 0 Å². The van der Waals surface area contributed by atoms with Gasteiger partial charge in [0.25, 0.3) is 15.9 Å². The van der Waals surface area contributed by atoms with Crippen LogP contribution >= 0.6 is 0 Å². The fourth-order valence-electron chi connectivity index (χ4n) is 2.98. The number of pyridine rings is 1. The third-order valence-electron chi connectivity index (χ3n) is 4.58. The highest BCUT2D eigenvalue weighted by molar-refractivity contribution is 7.90. The second-order valence-corrected chi connectivity index (χ2v) is 8.38. The molecule has 0 unspecified atom stereocenters. The second kappa shape index (κ2) is 10.0. The molecule has 0 bridgehead atoms. The maximum Gasteiger partial charge on any atom is 0.355 e. The number of esters is 2. The van der Waals surface area contributed by atoms with E-state index in [9.17, 15) is 28.0 Å². The summed E-state index contributed by atoms with van der Waals surface area (Å²) >= 11 is 0. The fourth-order valence-corrected chi connectivity index (χ4v) is 3.95. The van der Waals surface area contributed by atoms with Crippen LogP contribution in [0.1, 0.15) is 10.4 Å². The number of nitrogens with zero attached hydrogens (tertiary/aromatic N) is 2. The Bertz CT molecular complexity index is 1330. The number of anilines is 1. The van der Waals surface area contributed by atoms with Crippen LogP contribution in [0.15, 0.2) is 89.4 Å². The molecule has 1 amide bonds. The largest absolute Gasteiger partial charge is 0.619 e. The predicted octanol–water partition coefficient (Wildman–Crippen LogP) is 0.929. The molecule has 0 radical (unpaired) electrons. The lowest BCUT2D eigenvalue weighted by atomic mass is 10.1. The molecular formula is C22H19N3O8S. The van der Waals surface area contributed by atoms with E-state index in [0.717, 1.165) is 19.5 Å². The van der Waals surface area contributed by atoms with E-state index in [1.165, 1.54) is 66.8 Å². The number of aromatic nitrogens is 1. The minimum Gasteiger partial charge on any atom is -0.619 e. The fraction of sp³-hybridized carbons (Fsp3) is 0.0909. The van der Waals surface area contributed by atoms with Crippen LogP contribution in [0.5, 0.6) is 0 Å². The van der Waals surface area contributed by atoms with Crippen molar-refractivity contribution in [3.05, 3.63) is 95.3 Å². The summed E-state index contributed by atoms with van der Waals surface area (Å²) in [6.45, 7) is 0. The van der Waals surface area contributed by atoms with Gasteiger partial charge in [0, 0.05) is 18.0 Å². The summed E-state index contributed by atoms with van der Waals surface area (Å²) in [5.74, 6) is -2.57. The third-order valence-corrected chi connectivity index (χ3v) is 5.93. The molecule has 1 aliphatic heterocycles. The zero-order chi connectivity index (χ0) is 24.9. The summed E-state index contributed by atoms with van der Waals surface area (Å²) < 4.78 is 37.1. The Labute approximate surface area is 194 Å². The molecule has 2 aromatic rings. The van der Waals surface area contributed by atoms with Gasteiger partial charge in [0.05, 0.1) is 24.7 Å². The number of hydrogen-bond donors (Lipinski definition) is 1. The van der Waals surface area contributed by atoms with Crippen molar-refractivity contribution in [2.45, 2.75) is 4.90 Å². The van der Waals surface area contributed by atoms with Crippen LogP contribution in [0, 0.1) is 5.21 Å². The van der Waals surface area contributed by atoms with Crippen molar-refractivity contribution in [2.75, 3.05) is 19.1 Å². The highest BCUT2D eigenvalue weighted by atomic mass is 32.2. The molecule has 176 valence electrons. The van der Waals surface area contributed by atoms with Crippen LogP contribution in [0.4, 0.5) is 5.69 Å². The molecule has 1 aromatic heterocycles. The van der Waals surface area contributed by atoms with Gasteiger partial charge < -0.3 is 19.6 Å². The van der Waals surface area contributed by atoms with Crippen LogP contribution in [0.2, 0.25) is 0 Å². The van der Waals surface area contributed by atoms with Crippen LogP contribution in [0.25, 0.3) is 0 Å². The van der Waals surface area contributed by atoms with Crippen molar-refractivity contribution in [1.82, 2.24) is 4.72 Å². The quantitative estimate of drug-likeness (QED) is 0.359. The van der Waals surface area contributed by atoms with Crippen LogP contribution in [0.3, 0.4) is 0 Å². The molecule has 0 fully saturated rings. The number of carbonyl (C=O) groups is 3. The summed E-state index contributed by atoms with van der Waals surface area (Å²) in [6, 6.07) is 7.77. The Balaban J connectivity index is 1.93. The number of benzene rings is 1. The average Bonchev–Trinajstić information content (AvgIpc) is 3.06. The topological polar surface area (TPSA) is 146 Å².